The number of benzene rings is 1. The molecule has 0 bridgehead atoms. The Morgan fingerprint density at radius 2 is 2.05 bits per heavy atom. The Labute approximate surface area is 128 Å². The SMILES string of the molecule is CCNc1ccc(C(=O)NCCCN(C)C(C)C)c(C)c1. The van der Waals surface area contributed by atoms with Gasteiger partial charge in [0.1, 0.15) is 0 Å². The minimum Gasteiger partial charge on any atom is -0.385 e. The zero-order valence-corrected chi connectivity index (χ0v) is 14.0. The largest absolute Gasteiger partial charge is 0.385 e. The predicted octanol–water partition coefficient (Wildman–Crippen LogP) is 2.89. The van der Waals surface area contributed by atoms with Crippen molar-refractivity contribution in [2.45, 2.75) is 40.2 Å². The molecule has 0 radical (unpaired) electrons. The molecule has 1 rings (SSSR count). The van der Waals surface area contributed by atoms with E-state index < -0.39 is 0 Å². The Morgan fingerprint density at radius 1 is 1.33 bits per heavy atom. The second-order valence-corrected chi connectivity index (χ2v) is 5.74. The van der Waals surface area contributed by atoms with Crippen molar-refractivity contribution in [3.63, 3.8) is 0 Å². The number of carbonyl (C=O) groups is 1. The van der Waals surface area contributed by atoms with Crippen molar-refractivity contribution in [1.29, 1.82) is 0 Å². The molecule has 1 aromatic carbocycles. The molecule has 4 heteroatoms. The molecule has 0 fully saturated rings. The number of carbonyl (C=O) groups excluding carboxylic acids is 1. The molecule has 0 aromatic heterocycles. The van der Waals surface area contributed by atoms with Crippen LogP contribution in [-0.2, 0) is 0 Å². The summed E-state index contributed by atoms with van der Waals surface area (Å²) < 4.78 is 0. The van der Waals surface area contributed by atoms with E-state index >= 15 is 0 Å². The van der Waals surface area contributed by atoms with E-state index in [4.69, 9.17) is 0 Å². The van der Waals surface area contributed by atoms with Gasteiger partial charge in [-0.1, -0.05) is 0 Å². The lowest BCUT2D eigenvalue weighted by Gasteiger charge is -2.20. The summed E-state index contributed by atoms with van der Waals surface area (Å²) in [4.78, 5) is 14.4. The lowest BCUT2D eigenvalue weighted by molar-refractivity contribution is 0.0951. The first-order valence-corrected chi connectivity index (χ1v) is 7.78. The van der Waals surface area contributed by atoms with Gasteiger partial charge in [0, 0.05) is 30.4 Å². The molecule has 0 aliphatic carbocycles. The highest BCUT2D eigenvalue weighted by molar-refractivity contribution is 5.96. The van der Waals surface area contributed by atoms with Crippen LogP contribution in [0.1, 0.15) is 43.1 Å². The molecule has 0 saturated carbocycles. The maximum Gasteiger partial charge on any atom is 0.251 e. The van der Waals surface area contributed by atoms with Gasteiger partial charge in [0.15, 0.2) is 0 Å². The van der Waals surface area contributed by atoms with Crippen LogP contribution >= 0.6 is 0 Å². The van der Waals surface area contributed by atoms with Crippen LogP contribution < -0.4 is 10.6 Å². The van der Waals surface area contributed by atoms with Crippen LogP contribution in [0.2, 0.25) is 0 Å². The molecule has 0 saturated heterocycles. The van der Waals surface area contributed by atoms with Crippen LogP contribution in [0.15, 0.2) is 18.2 Å². The van der Waals surface area contributed by atoms with Gasteiger partial charge in [-0.25, -0.2) is 0 Å². The van der Waals surface area contributed by atoms with E-state index in [-0.39, 0.29) is 5.91 Å². The average molecular weight is 291 g/mol. The number of aryl methyl sites for hydroxylation is 1. The quantitative estimate of drug-likeness (QED) is 0.724. The van der Waals surface area contributed by atoms with Crippen LogP contribution in [-0.4, -0.2) is 43.5 Å². The Hall–Kier alpha value is -1.55. The number of amides is 1. The molecule has 0 spiro atoms. The second-order valence-electron chi connectivity index (χ2n) is 5.74. The topological polar surface area (TPSA) is 44.4 Å². The molecule has 2 N–H and O–H groups in total. The number of nitrogens with zero attached hydrogens (tertiary/aromatic N) is 1. The summed E-state index contributed by atoms with van der Waals surface area (Å²) in [5.74, 6) is 0.0164. The molecule has 118 valence electrons. The summed E-state index contributed by atoms with van der Waals surface area (Å²) in [7, 11) is 2.11. The predicted molar refractivity (Wildman–Crippen MR) is 90.1 cm³/mol. The van der Waals surface area contributed by atoms with E-state index in [1.165, 1.54) is 0 Å². The molecule has 1 aromatic rings. The first-order valence-electron chi connectivity index (χ1n) is 7.78. The van der Waals surface area contributed by atoms with Crippen molar-refractivity contribution < 1.29 is 4.79 Å². The molecule has 0 unspecified atom stereocenters. The average Bonchev–Trinajstić information content (AvgIpc) is 2.43. The second kappa shape index (κ2) is 8.67. The van der Waals surface area contributed by atoms with Crippen molar-refractivity contribution in [3.8, 4) is 0 Å². The number of hydrogen-bond acceptors (Lipinski definition) is 3. The van der Waals surface area contributed by atoms with E-state index in [1.54, 1.807) is 0 Å². The summed E-state index contributed by atoms with van der Waals surface area (Å²) in [5, 5.41) is 6.25. The maximum atomic E-state index is 12.2. The lowest BCUT2D eigenvalue weighted by Crippen LogP contribution is -2.31. The van der Waals surface area contributed by atoms with Crippen LogP contribution in [0.4, 0.5) is 5.69 Å². The molecule has 0 heterocycles. The van der Waals surface area contributed by atoms with Crippen molar-refractivity contribution in [1.82, 2.24) is 10.2 Å². The van der Waals surface area contributed by atoms with E-state index in [9.17, 15) is 4.79 Å². The zero-order valence-electron chi connectivity index (χ0n) is 14.0. The summed E-state index contributed by atoms with van der Waals surface area (Å²) in [6, 6.07) is 6.41. The molecule has 0 aliphatic rings. The third kappa shape index (κ3) is 5.76. The van der Waals surface area contributed by atoms with Gasteiger partial charge in [0.2, 0.25) is 0 Å². The normalized spacial score (nSPS) is 11.0. The Bertz CT molecular complexity index is 457. The third-order valence-electron chi connectivity index (χ3n) is 3.71. The highest BCUT2D eigenvalue weighted by Gasteiger charge is 2.09. The van der Waals surface area contributed by atoms with Crippen molar-refractivity contribution >= 4 is 11.6 Å². The summed E-state index contributed by atoms with van der Waals surface area (Å²) in [6.07, 6.45) is 0.967. The lowest BCUT2D eigenvalue weighted by atomic mass is 10.1. The van der Waals surface area contributed by atoms with E-state index in [0.29, 0.717) is 12.6 Å². The molecular weight excluding hydrogens is 262 g/mol. The van der Waals surface area contributed by atoms with E-state index in [2.05, 4.69) is 43.4 Å². The van der Waals surface area contributed by atoms with Crippen molar-refractivity contribution in [2.24, 2.45) is 0 Å². The van der Waals surface area contributed by atoms with Crippen LogP contribution in [0.25, 0.3) is 0 Å². The van der Waals surface area contributed by atoms with Gasteiger partial charge in [-0.2, -0.15) is 0 Å². The summed E-state index contributed by atoms with van der Waals surface area (Å²) >= 11 is 0. The molecular formula is C17H29N3O. The van der Waals surface area contributed by atoms with Gasteiger partial charge < -0.3 is 15.5 Å². The van der Waals surface area contributed by atoms with Gasteiger partial charge in [-0.15, -0.1) is 0 Å². The highest BCUT2D eigenvalue weighted by atomic mass is 16.1. The Balaban J connectivity index is 2.45. The van der Waals surface area contributed by atoms with E-state index in [0.717, 1.165) is 36.3 Å². The molecule has 0 aliphatic heterocycles. The Morgan fingerprint density at radius 3 is 2.62 bits per heavy atom. The maximum absolute atomic E-state index is 12.2. The van der Waals surface area contributed by atoms with Gasteiger partial charge in [-0.05, 0) is 71.5 Å². The summed E-state index contributed by atoms with van der Waals surface area (Å²) in [6.45, 7) is 11.0. The van der Waals surface area contributed by atoms with Gasteiger partial charge in [0.25, 0.3) is 5.91 Å². The van der Waals surface area contributed by atoms with Crippen LogP contribution in [0.3, 0.4) is 0 Å². The van der Waals surface area contributed by atoms with Gasteiger partial charge in [-0.3, -0.25) is 4.79 Å². The Kier molecular flexibility index (Phi) is 7.23. The monoisotopic (exact) mass is 291 g/mol. The fraction of sp³-hybridized carbons (Fsp3) is 0.588. The van der Waals surface area contributed by atoms with Gasteiger partial charge >= 0.3 is 0 Å². The standard InChI is InChI=1S/C17H29N3O/c1-6-18-15-8-9-16(14(4)12-15)17(21)19-10-7-11-20(5)13(2)3/h8-9,12-13,18H,6-7,10-11H2,1-5H3,(H,19,21). The first kappa shape index (κ1) is 17.5. The van der Waals surface area contributed by atoms with Crippen molar-refractivity contribution in [3.05, 3.63) is 29.3 Å². The fourth-order valence-electron chi connectivity index (χ4n) is 2.12. The van der Waals surface area contributed by atoms with Crippen LogP contribution in [0.5, 0.6) is 0 Å². The zero-order chi connectivity index (χ0) is 15.8. The van der Waals surface area contributed by atoms with Crippen molar-refractivity contribution in [2.75, 3.05) is 32.0 Å². The minimum atomic E-state index is 0.0164. The van der Waals surface area contributed by atoms with E-state index in [1.807, 2.05) is 25.1 Å². The first-order chi connectivity index (χ1) is 9.95. The minimum absolute atomic E-state index is 0.0164. The number of anilines is 1. The summed E-state index contributed by atoms with van der Waals surface area (Å²) in [5.41, 5.74) is 2.82. The fourth-order valence-corrected chi connectivity index (χ4v) is 2.12. The van der Waals surface area contributed by atoms with Gasteiger partial charge in [0.05, 0.1) is 0 Å². The third-order valence-corrected chi connectivity index (χ3v) is 3.71. The van der Waals surface area contributed by atoms with Crippen LogP contribution in [0, 0.1) is 6.92 Å². The molecule has 0 atom stereocenters. The molecule has 21 heavy (non-hydrogen) atoms. The molecule has 1 amide bonds. The number of nitrogens with one attached hydrogen (secondary N) is 2. The number of rotatable bonds is 8. The molecule has 4 nitrogen and oxygen atoms in total. The number of hydrogen-bond donors (Lipinski definition) is 2. The highest BCUT2D eigenvalue weighted by Crippen LogP contribution is 2.15. The smallest absolute Gasteiger partial charge is 0.251 e.